The van der Waals surface area contributed by atoms with Crippen molar-refractivity contribution in [3.63, 3.8) is 0 Å². The molecule has 2 aliphatic rings. The van der Waals surface area contributed by atoms with E-state index < -0.39 is 0 Å². The Morgan fingerprint density at radius 3 is 2.56 bits per heavy atom. The number of hydrogen-bond donors (Lipinski definition) is 1. The molecule has 1 aromatic rings. The highest BCUT2D eigenvalue weighted by atomic mass is 35.5. The fourth-order valence-corrected chi connectivity index (χ4v) is 3.95. The van der Waals surface area contributed by atoms with Crippen LogP contribution in [0.2, 0.25) is 5.02 Å². The van der Waals surface area contributed by atoms with Crippen molar-refractivity contribution in [3.8, 4) is 0 Å². The van der Waals surface area contributed by atoms with E-state index in [-0.39, 0.29) is 0 Å². The molecular weight excluding hydrogens is 242 g/mol. The van der Waals surface area contributed by atoms with Crippen molar-refractivity contribution in [3.05, 3.63) is 34.9 Å². The molecule has 1 nitrogen and oxygen atoms in total. The lowest BCUT2D eigenvalue weighted by Gasteiger charge is -2.47. The van der Waals surface area contributed by atoms with Crippen LogP contribution in [0.1, 0.15) is 44.6 Å². The molecule has 2 atom stereocenters. The number of piperidine rings is 1. The number of benzene rings is 1. The fourth-order valence-electron chi connectivity index (χ4n) is 3.69. The van der Waals surface area contributed by atoms with E-state index in [4.69, 9.17) is 11.6 Å². The van der Waals surface area contributed by atoms with Crippen molar-refractivity contribution in [2.45, 2.75) is 39.0 Å². The zero-order chi connectivity index (χ0) is 12.8. The van der Waals surface area contributed by atoms with E-state index in [1.54, 1.807) is 0 Å². The van der Waals surface area contributed by atoms with Crippen LogP contribution < -0.4 is 5.32 Å². The quantitative estimate of drug-likeness (QED) is 0.842. The predicted octanol–water partition coefficient (Wildman–Crippen LogP) is 4.22. The number of rotatable bonds is 2. The molecule has 1 N–H and O–H groups in total. The number of halogens is 1. The van der Waals surface area contributed by atoms with Crippen molar-refractivity contribution in [2.75, 3.05) is 13.1 Å². The van der Waals surface area contributed by atoms with Gasteiger partial charge in [0, 0.05) is 17.5 Å². The van der Waals surface area contributed by atoms with Gasteiger partial charge in [0.15, 0.2) is 0 Å². The Morgan fingerprint density at radius 1 is 1.17 bits per heavy atom. The molecule has 1 aromatic carbocycles. The first-order valence-electron chi connectivity index (χ1n) is 7.02. The summed E-state index contributed by atoms with van der Waals surface area (Å²) in [6.07, 6.45) is 4.02. The molecule has 2 unspecified atom stereocenters. The van der Waals surface area contributed by atoms with Gasteiger partial charge < -0.3 is 5.32 Å². The second-order valence-electron chi connectivity index (χ2n) is 6.51. The van der Waals surface area contributed by atoms with Crippen LogP contribution in [0, 0.1) is 10.8 Å². The van der Waals surface area contributed by atoms with Gasteiger partial charge in [-0.25, -0.2) is 0 Å². The molecule has 0 bridgehead atoms. The average Bonchev–Trinajstić information content (AvgIpc) is 3.11. The Morgan fingerprint density at radius 2 is 1.89 bits per heavy atom. The maximum Gasteiger partial charge on any atom is 0.0441 e. The lowest BCUT2D eigenvalue weighted by atomic mass is 9.60. The van der Waals surface area contributed by atoms with Crippen molar-refractivity contribution in [1.29, 1.82) is 0 Å². The van der Waals surface area contributed by atoms with Gasteiger partial charge >= 0.3 is 0 Å². The monoisotopic (exact) mass is 263 g/mol. The normalized spacial score (nSPS) is 34.3. The van der Waals surface area contributed by atoms with Gasteiger partial charge in [-0.2, -0.15) is 0 Å². The van der Waals surface area contributed by atoms with Crippen LogP contribution >= 0.6 is 11.6 Å². The Kier molecular flexibility index (Phi) is 2.95. The van der Waals surface area contributed by atoms with E-state index >= 15 is 0 Å². The molecule has 0 spiro atoms. The lowest BCUT2D eigenvalue weighted by molar-refractivity contribution is 0.0913. The van der Waals surface area contributed by atoms with Gasteiger partial charge in [0.2, 0.25) is 0 Å². The highest BCUT2D eigenvalue weighted by Gasteiger charge is 2.57. The molecule has 18 heavy (non-hydrogen) atoms. The van der Waals surface area contributed by atoms with Crippen LogP contribution in [0.5, 0.6) is 0 Å². The Hall–Kier alpha value is -0.530. The second-order valence-corrected chi connectivity index (χ2v) is 6.91. The van der Waals surface area contributed by atoms with Crippen molar-refractivity contribution < 1.29 is 0 Å². The molecule has 2 heteroatoms. The number of hydrogen-bond acceptors (Lipinski definition) is 1. The first-order valence-corrected chi connectivity index (χ1v) is 7.40. The summed E-state index contributed by atoms with van der Waals surface area (Å²) in [6, 6.07) is 8.38. The Labute approximate surface area is 115 Å². The third-order valence-electron chi connectivity index (χ3n) is 5.60. The molecule has 1 saturated carbocycles. The van der Waals surface area contributed by atoms with Gasteiger partial charge in [-0.15, -0.1) is 0 Å². The Bertz CT molecular complexity index is 452. The predicted molar refractivity (Wildman–Crippen MR) is 77.1 cm³/mol. The topological polar surface area (TPSA) is 12.0 Å². The summed E-state index contributed by atoms with van der Waals surface area (Å²) in [5.41, 5.74) is 2.25. The highest BCUT2D eigenvalue weighted by Crippen LogP contribution is 2.65. The molecular formula is C16H22ClN. The largest absolute Gasteiger partial charge is 0.316 e. The van der Waals surface area contributed by atoms with E-state index in [9.17, 15) is 0 Å². The minimum atomic E-state index is 0.392. The van der Waals surface area contributed by atoms with Crippen LogP contribution in [0.3, 0.4) is 0 Å². The van der Waals surface area contributed by atoms with Crippen LogP contribution in [-0.2, 0) is 0 Å². The SMILES string of the molecule is CC1(C2(C)CCNCC2c2ccccc2Cl)CC1. The minimum absolute atomic E-state index is 0.392. The summed E-state index contributed by atoms with van der Waals surface area (Å²) in [7, 11) is 0. The molecule has 0 aromatic heterocycles. The van der Waals surface area contributed by atoms with Crippen LogP contribution in [0.15, 0.2) is 24.3 Å². The third kappa shape index (κ3) is 1.80. The van der Waals surface area contributed by atoms with Crippen molar-refractivity contribution in [2.24, 2.45) is 10.8 Å². The summed E-state index contributed by atoms with van der Waals surface area (Å²) in [6.45, 7) is 7.15. The standard InChI is InChI=1S/C16H22ClN/c1-15(7-8-15)16(2)9-10-18-11-13(16)12-5-3-4-6-14(12)17/h3-6,13,18H,7-11H2,1-2H3. The summed E-state index contributed by atoms with van der Waals surface area (Å²) < 4.78 is 0. The maximum absolute atomic E-state index is 6.43. The van der Waals surface area contributed by atoms with E-state index in [2.05, 4.69) is 31.3 Å². The van der Waals surface area contributed by atoms with Gasteiger partial charge in [0.25, 0.3) is 0 Å². The molecule has 3 rings (SSSR count). The summed E-state index contributed by atoms with van der Waals surface area (Å²) in [5.74, 6) is 0.549. The number of nitrogens with one attached hydrogen (secondary N) is 1. The lowest BCUT2D eigenvalue weighted by Crippen LogP contribution is -2.46. The minimum Gasteiger partial charge on any atom is -0.316 e. The molecule has 0 radical (unpaired) electrons. The van der Waals surface area contributed by atoms with Gasteiger partial charge in [-0.3, -0.25) is 0 Å². The Balaban J connectivity index is 2.01. The second kappa shape index (κ2) is 4.25. The maximum atomic E-state index is 6.43. The summed E-state index contributed by atoms with van der Waals surface area (Å²) >= 11 is 6.43. The van der Waals surface area contributed by atoms with Gasteiger partial charge in [-0.05, 0) is 48.3 Å². The van der Waals surface area contributed by atoms with E-state index in [0.29, 0.717) is 16.7 Å². The summed E-state index contributed by atoms with van der Waals surface area (Å²) in [4.78, 5) is 0. The van der Waals surface area contributed by atoms with Crippen molar-refractivity contribution in [1.82, 2.24) is 5.32 Å². The molecule has 98 valence electrons. The average molecular weight is 264 g/mol. The smallest absolute Gasteiger partial charge is 0.0441 e. The van der Waals surface area contributed by atoms with E-state index in [1.807, 2.05) is 12.1 Å². The molecule has 1 saturated heterocycles. The molecule has 2 fully saturated rings. The van der Waals surface area contributed by atoms with Gasteiger partial charge in [0.05, 0.1) is 0 Å². The van der Waals surface area contributed by atoms with Crippen LogP contribution in [0.25, 0.3) is 0 Å². The summed E-state index contributed by atoms with van der Waals surface area (Å²) in [5, 5.41) is 4.49. The zero-order valence-corrected chi connectivity index (χ0v) is 12.1. The van der Waals surface area contributed by atoms with Gasteiger partial charge in [0.1, 0.15) is 0 Å². The van der Waals surface area contributed by atoms with Crippen LogP contribution in [0.4, 0.5) is 0 Å². The highest BCUT2D eigenvalue weighted by molar-refractivity contribution is 6.31. The van der Waals surface area contributed by atoms with Crippen LogP contribution in [-0.4, -0.2) is 13.1 Å². The molecule has 1 aliphatic heterocycles. The first-order chi connectivity index (χ1) is 8.57. The van der Waals surface area contributed by atoms with E-state index in [0.717, 1.165) is 18.1 Å². The first kappa shape index (κ1) is 12.5. The van der Waals surface area contributed by atoms with Gasteiger partial charge in [-0.1, -0.05) is 43.6 Å². The molecule has 1 heterocycles. The van der Waals surface area contributed by atoms with E-state index in [1.165, 1.54) is 24.8 Å². The third-order valence-corrected chi connectivity index (χ3v) is 5.94. The zero-order valence-electron chi connectivity index (χ0n) is 11.3. The molecule has 0 amide bonds. The fraction of sp³-hybridized carbons (Fsp3) is 0.625. The van der Waals surface area contributed by atoms with Crippen molar-refractivity contribution >= 4 is 11.6 Å². The molecule has 1 aliphatic carbocycles.